The fourth-order valence-electron chi connectivity index (χ4n) is 1.64. The number of nitrogens with one attached hydrogen (secondary N) is 1. The van der Waals surface area contributed by atoms with Gasteiger partial charge in [0.15, 0.2) is 9.84 Å². The molecule has 5 nitrogen and oxygen atoms in total. The zero-order chi connectivity index (χ0) is 15.3. The van der Waals surface area contributed by atoms with E-state index in [0.29, 0.717) is 11.3 Å². The SMILES string of the molecule is CC(C)CS(=O)(=O)C(C)C(=O)Nc1ccc(C#N)cc1. The van der Waals surface area contributed by atoms with Crippen molar-refractivity contribution in [2.75, 3.05) is 11.1 Å². The van der Waals surface area contributed by atoms with Crippen molar-refractivity contribution in [3.05, 3.63) is 29.8 Å². The molecule has 1 rings (SSSR count). The number of carbonyl (C=O) groups is 1. The zero-order valence-electron chi connectivity index (χ0n) is 11.8. The maximum absolute atomic E-state index is 12.0. The number of nitrogens with zero attached hydrogens (tertiary/aromatic N) is 1. The van der Waals surface area contributed by atoms with Crippen LogP contribution in [0.3, 0.4) is 0 Å². The molecule has 0 aliphatic heterocycles. The van der Waals surface area contributed by atoms with Crippen molar-refractivity contribution >= 4 is 21.4 Å². The summed E-state index contributed by atoms with van der Waals surface area (Å²) in [5, 5.41) is 10.1. The Morgan fingerprint density at radius 1 is 1.25 bits per heavy atom. The lowest BCUT2D eigenvalue weighted by Gasteiger charge is -2.14. The molecule has 1 aromatic carbocycles. The summed E-state index contributed by atoms with van der Waals surface area (Å²) in [7, 11) is -3.46. The molecule has 1 aromatic rings. The van der Waals surface area contributed by atoms with Gasteiger partial charge in [-0.2, -0.15) is 5.26 Å². The molecule has 0 aliphatic carbocycles. The van der Waals surface area contributed by atoms with E-state index in [2.05, 4.69) is 5.32 Å². The molecule has 0 bridgehead atoms. The van der Waals surface area contributed by atoms with Crippen LogP contribution in [0.4, 0.5) is 5.69 Å². The monoisotopic (exact) mass is 294 g/mol. The minimum atomic E-state index is -3.46. The number of amides is 1. The predicted molar refractivity (Wildman–Crippen MR) is 77.9 cm³/mol. The third-order valence-corrected chi connectivity index (χ3v) is 5.18. The second kappa shape index (κ2) is 6.53. The standard InChI is InChI=1S/C14H18N2O3S/c1-10(2)9-20(18,19)11(3)14(17)16-13-6-4-12(8-15)5-7-13/h4-7,10-11H,9H2,1-3H3,(H,16,17). The highest BCUT2D eigenvalue weighted by molar-refractivity contribution is 7.92. The third kappa shape index (κ3) is 4.35. The van der Waals surface area contributed by atoms with Gasteiger partial charge in [-0.25, -0.2) is 8.42 Å². The lowest BCUT2D eigenvalue weighted by atomic mass is 10.2. The van der Waals surface area contributed by atoms with Crippen LogP contribution in [0.25, 0.3) is 0 Å². The molecule has 1 atom stereocenters. The average Bonchev–Trinajstić information content (AvgIpc) is 2.37. The second-order valence-corrected chi connectivity index (χ2v) is 7.41. The van der Waals surface area contributed by atoms with Crippen molar-refractivity contribution in [1.29, 1.82) is 5.26 Å². The molecular weight excluding hydrogens is 276 g/mol. The van der Waals surface area contributed by atoms with Crippen LogP contribution in [0.2, 0.25) is 0 Å². The summed E-state index contributed by atoms with van der Waals surface area (Å²) in [6, 6.07) is 8.22. The Kier molecular flexibility index (Phi) is 5.28. The van der Waals surface area contributed by atoms with Crippen molar-refractivity contribution in [2.24, 2.45) is 5.92 Å². The normalized spacial score (nSPS) is 12.8. The fourth-order valence-corrected chi connectivity index (χ4v) is 3.25. The predicted octanol–water partition coefficient (Wildman–Crippen LogP) is 1.96. The van der Waals surface area contributed by atoms with Gasteiger partial charge in [-0.05, 0) is 37.1 Å². The minimum absolute atomic E-state index is 0.0189. The maximum atomic E-state index is 12.0. The summed E-state index contributed by atoms with van der Waals surface area (Å²) in [5.41, 5.74) is 0.948. The van der Waals surface area contributed by atoms with Gasteiger partial charge in [0, 0.05) is 5.69 Å². The number of sulfone groups is 1. The molecule has 1 N–H and O–H groups in total. The molecule has 0 aromatic heterocycles. The van der Waals surface area contributed by atoms with E-state index < -0.39 is 21.0 Å². The smallest absolute Gasteiger partial charge is 0.242 e. The van der Waals surface area contributed by atoms with Crippen molar-refractivity contribution in [3.8, 4) is 6.07 Å². The summed E-state index contributed by atoms with van der Waals surface area (Å²) in [6.45, 7) is 4.97. The minimum Gasteiger partial charge on any atom is -0.325 e. The molecule has 0 spiro atoms. The van der Waals surface area contributed by atoms with Crippen LogP contribution >= 0.6 is 0 Å². The first-order valence-corrected chi connectivity index (χ1v) is 8.00. The first kappa shape index (κ1) is 16.2. The van der Waals surface area contributed by atoms with E-state index in [0.717, 1.165) is 0 Å². The van der Waals surface area contributed by atoms with E-state index in [1.165, 1.54) is 6.92 Å². The van der Waals surface area contributed by atoms with Crippen LogP contribution in [-0.2, 0) is 14.6 Å². The van der Waals surface area contributed by atoms with Gasteiger partial charge < -0.3 is 5.32 Å². The van der Waals surface area contributed by atoms with E-state index in [1.807, 2.05) is 6.07 Å². The number of anilines is 1. The summed E-state index contributed by atoms with van der Waals surface area (Å²) < 4.78 is 23.9. The number of hydrogen-bond acceptors (Lipinski definition) is 4. The van der Waals surface area contributed by atoms with Crippen molar-refractivity contribution in [2.45, 2.75) is 26.0 Å². The maximum Gasteiger partial charge on any atom is 0.242 e. The van der Waals surface area contributed by atoms with Crippen LogP contribution in [-0.4, -0.2) is 25.3 Å². The van der Waals surface area contributed by atoms with Crippen LogP contribution in [0.15, 0.2) is 24.3 Å². The van der Waals surface area contributed by atoms with E-state index in [-0.39, 0.29) is 11.7 Å². The van der Waals surface area contributed by atoms with Gasteiger partial charge in [0.2, 0.25) is 5.91 Å². The van der Waals surface area contributed by atoms with Crippen molar-refractivity contribution in [1.82, 2.24) is 0 Å². The van der Waals surface area contributed by atoms with Gasteiger partial charge in [-0.15, -0.1) is 0 Å². The molecule has 1 amide bonds. The lowest BCUT2D eigenvalue weighted by molar-refractivity contribution is -0.115. The van der Waals surface area contributed by atoms with Gasteiger partial charge in [-0.1, -0.05) is 13.8 Å². The molecule has 0 saturated heterocycles. The van der Waals surface area contributed by atoms with Gasteiger partial charge in [0.05, 0.1) is 17.4 Å². The highest BCUT2D eigenvalue weighted by Crippen LogP contribution is 2.13. The highest BCUT2D eigenvalue weighted by atomic mass is 32.2. The summed E-state index contributed by atoms with van der Waals surface area (Å²) in [5.74, 6) is -0.602. The molecular formula is C14H18N2O3S. The number of hydrogen-bond donors (Lipinski definition) is 1. The summed E-state index contributed by atoms with van der Waals surface area (Å²) in [4.78, 5) is 11.9. The Labute approximate surface area is 119 Å². The quantitative estimate of drug-likeness (QED) is 0.899. The first-order chi connectivity index (χ1) is 9.26. The average molecular weight is 294 g/mol. The van der Waals surface area contributed by atoms with Gasteiger partial charge in [-0.3, -0.25) is 4.79 Å². The summed E-state index contributed by atoms with van der Waals surface area (Å²) >= 11 is 0. The lowest BCUT2D eigenvalue weighted by Crippen LogP contribution is -2.35. The molecule has 6 heteroatoms. The zero-order valence-corrected chi connectivity index (χ0v) is 12.6. The van der Waals surface area contributed by atoms with E-state index in [1.54, 1.807) is 38.1 Å². The second-order valence-electron chi connectivity index (χ2n) is 5.04. The molecule has 0 fully saturated rings. The summed E-state index contributed by atoms with van der Waals surface area (Å²) in [6.07, 6.45) is 0. The number of carbonyl (C=O) groups excluding carboxylic acids is 1. The van der Waals surface area contributed by atoms with E-state index >= 15 is 0 Å². The Morgan fingerprint density at radius 3 is 2.25 bits per heavy atom. The van der Waals surface area contributed by atoms with E-state index in [4.69, 9.17) is 5.26 Å². The number of nitriles is 1. The van der Waals surface area contributed by atoms with E-state index in [9.17, 15) is 13.2 Å². The molecule has 1 unspecified atom stereocenters. The van der Waals surface area contributed by atoms with Crippen LogP contribution in [0.1, 0.15) is 26.3 Å². The molecule has 108 valence electrons. The topological polar surface area (TPSA) is 87.0 Å². The molecule has 20 heavy (non-hydrogen) atoms. The Bertz CT molecular complexity index is 613. The molecule has 0 radical (unpaired) electrons. The number of benzene rings is 1. The van der Waals surface area contributed by atoms with Gasteiger partial charge in [0.25, 0.3) is 0 Å². The van der Waals surface area contributed by atoms with Gasteiger partial charge in [0.1, 0.15) is 5.25 Å². The van der Waals surface area contributed by atoms with Crippen LogP contribution in [0.5, 0.6) is 0 Å². The number of rotatable bonds is 5. The third-order valence-electron chi connectivity index (χ3n) is 2.76. The van der Waals surface area contributed by atoms with Crippen molar-refractivity contribution in [3.63, 3.8) is 0 Å². The Morgan fingerprint density at radius 2 is 1.80 bits per heavy atom. The Balaban J connectivity index is 2.77. The highest BCUT2D eigenvalue weighted by Gasteiger charge is 2.28. The van der Waals surface area contributed by atoms with Gasteiger partial charge >= 0.3 is 0 Å². The van der Waals surface area contributed by atoms with Crippen LogP contribution < -0.4 is 5.32 Å². The first-order valence-electron chi connectivity index (χ1n) is 6.29. The van der Waals surface area contributed by atoms with Crippen LogP contribution in [0, 0.1) is 17.2 Å². The molecule has 0 aliphatic rings. The van der Waals surface area contributed by atoms with Crippen molar-refractivity contribution < 1.29 is 13.2 Å². The fraction of sp³-hybridized carbons (Fsp3) is 0.429. The largest absolute Gasteiger partial charge is 0.325 e. The Hall–Kier alpha value is -1.87. The molecule has 0 heterocycles. The molecule has 0 saturated carbocycles.